The average Bonchev–Trinajstić information content (AvgIpc) is 1.96. The van der Waals surface area contributed by atoms with Crippen molar-refractivity contribution in [1.29, 1.82) is 0 Å². The lowest BCUT2D eigenvalue weighted by molar-refractivity contribution is 0.290. The topological polar surface area (TPSA) is 20.2 Å². The zero-order valence-electron chi connectivity index (χ0n) is 7.15. The highest BCUT2D eigenvalue weighted by atomic mass is 16.2. The third-order valence-corrected chi connectivity index (χ3v) is 0.995. The van der Waals surface area contributed by atoms with Gasteiger partial charge in [0.25, 0.3) is 0 Å². The number of allylic oxidation sites excluding steroid dienone is 1. The van der Waals surface area contributed by atoms with Crippen LogP contribution in [0.5, 0.6) is 0 Å². The lowest BCUT2D eigenvalue weighted by Crippen LogP contribution is -1.77. The summed E-state index contributed by atoms with van der Waals surface area (Å²) in [6.45, 7) is 4.18. The fourth-order valence-corrected chi connectivity index (χ4v) is 0.471. The molecule has 0 rings (SSSR count). The Kier molecular flexibility index (Phi) is 6.53. The molecule has 0 fully saturated rings. The summed E-state index contributed by atoms with van der Waals surface area (Å²) in [6.07, 6.45) is 3.24. The van der Waals surface area contributed by atoms with Crippen molar-refractivity contribution >= 4 is 0 Å². The molecule has 1 heteroatoms. The molecular weight excluding hydrogens is 136 g/mol. The second-order valence-electron chi connectivity index (χ2n) is 2.44. The zero-order valence-corrected chi connectivity index (χ0v) is 7.15. The summed E-state index contributed by atoms with van der Waals surface area (Å²) in [5.74, 6) is 5.73. The van der Waals surface area contributed by atoms with Crippen molar-refractivity contribution in [2.24, 2.45) is 0 Å². The largest absolute Gasteiger partial charge is 0.396 e. The predicted molar refractivity (Wildman–Crippen MR) is 47.0 cm³/mol. The summed E-state index contributed by atoms with van der Waals surface area (Å²) in [5.41, 5.74) is 4.10. The van der Waals surface area contributed by atoms with Gasteiger partial charge in [0.2, 0.25) is 0 Å². The van der Waals surface area contributed by atoms with Gasteiger partial charge >= 0.3 is 0 Å². The molecule has 0 aliphatic carbocycles. The molecule has 0 aromatic rings. The zero-order chi connectivity index (χ0) is 8.53. The molecule has 0 bridgehead atoms. The quantitative estimate of drug-likeness (QED) is 0.362. The van der Waals surface area contributed by atoms with Gasteiger partial charge in [-0.2, -0.15) is 0 Å². The van der Waals surface area contributed by atoms with E-state index in [0.717, 1.165) is 18.4 Å². The maximum Gasteiger partial charge on any atom is 0.0440 e. The van der Waals surface area contributed by atoms with Gasteiger partial charge in [0, 0.05) is 19.1 Å². The van der Waals surface area contributed by atoms with E-state index in [9.17, 15) is 0 Å². The molecule has 0 aliphatic heterocycles. The Labute approximate surface area is 68.4 Å². The van der Waals surface area contributed by atoms with Crippen LogP contribution in [-0.4, -0.2) is 11.7 Å². The van der Waals surface area contributed by atoms with Crippen LogP contribution in [0.25, 0.3) is 0 Å². The lowest BCUT2D eigenvalue weighted by atomic mass is 10.3. The molecule has 0 saturated heterocycles. The van der Waals surface area contributed by atoms with E-state index in [1.807, 2.05) is 13.8 Å². The maximum atomic E-state index is 8.41. The van der Waals surface area contributed by atoms with Gasteiger partial charge in [-0.15, -0.1) is 5.73 Å². The van der Waals surface area contributed by atoms with Gasteiger partial charge in [0.15, 0.2) is 0 Å². The molecule has 0 aromatic heterocycles. The lowest BCUT2D eigenvalue weighted by Gasteiger charge is -1.81. The summed E-state index contributed by atoms with van der Waals surface area (Å²) in [6, 6.07) is 0. The van der Waals surface area contributed by atoms with Crippen molar-refractivity contribution in [3.05, 3.63) is 17.4 Å². The first-order chi connectivity index (χ1) is 5.27. The van der Waals surface area contributed by atoms with Gasteiger partial charge in [0.1, 0.15) is 0 Å². The summed E-state index contributed by atoms with van der Waals surface area (Å²) in [7, 11) is 0. The van der Waals surface area contributed by atoms with Crippen molar-refractivity contribution in [3.8, 4) is 11.8 Å². The van der Waals surface area contributed by atoms with Gasteiger partial charge < -0.3 is 5.11 Å². The Morgan fingerprint density at radius 1 is 1.45 bits per heavy atom. The normalized spacial score (nSPS) is 7.55. The number of aliphatic hydroxyl groups excluding tert-OH is 1. The minimum atomic E-state index is 0.223. The summed E-state index contributed by atoms with van der Waals surface area (Å²) < 4.78 is 0. The van der Waals surface area contributed by atoms with E-state index in [-0.39, 0.29) is 6.61 Å². The van der Waals surface area contributed by atoms with E-state index in [1.54, 1.807) is 6.08 Å². The average molecular weight is 150 g/mol. The molecule has 0 heterocycles. The molecule has 1 nitrogen and oxygen atoms in total. The molecule has 0 amide bonds. The van der Waals surface area contributed by atoms with Crippen LogP contribution in [0, 0.1) is 11.8 Å². The van der Waals surface area contributed by atoms with Crippen LogP contribution >= 0.6 is 0 Å². The maximum absolute atomic E-state index is 8.41. The fourth-order valence-electron chi connectivity index (χ4n) is 0.471. The number of rotatable bonds is 2. The SMILES string of the molecule is CC(C)=C=CC#CCCCO. The molecule has 0 radical (unpaired) electrons. The van der Waals surface area contributed by atoms with Gasteiger partial charge in [-0.3, -0.25) is 0 Å². The molecule has 60 valence electrons. The highest BCUT2D eigenvalue weighted by molar-refractivity contribution is 5.16. The van der Waals surface area contributed by atoms with Crippen molar-refractivity contribution in [2.75, 3.05) is 6.61 Å². The van der Waals surface area contributed by atoms with Gasteiger partial charge in [-0.05, 0) is 25.8 Å². The first-order valence-electron chi connectivity index (χ1n) is 3.75. The number of aliphatic hydroxyl groups is 1. The van der Waals surface area contributed by atoms with E-state index in [2.05, 4.69) is 17.6 Å². The fraction of sp³-hybridized carbons (Fsp3) is 0.500. The van der Waals surface area contributed by atoms with Gasteiger partial charge in [-0.1, -0.05) is 11.8 Å². The third kappa shape index (κ3) is 9.04. The van der Waals surface area contributed by atoms with E-state index in [1.165, 1.54) is 0 Å². The number of unbranched alkanes of at least 4 members (excludes halogenated alkanes) is 1. The van der Waals surface area contributed by atoms with E-state index < -0.39 is 0 Å². The van der Waals surface area contributed by atoms with Gasteiger partial charge in [0.05, 0.1) is 0 Å². The van der Waals surface area contributed by atoms with Crippen LogP contribution in [0.2, 0.25) is 0 Å². The molecule has 11 heavy (non-hydrogen) atoms. The Morgan fingerprint density at radius 2 is 2.18 bits per heavy atom. The van der Waals surface area contributed by atoms with E-state index in [0.29, 0.717) is 0 Å². The molecule has 0 atom stereocenters. The van der Waals surface area contributed by atoms with Crippen molar-refractivity contribution in [3.63, 3.8) is 0 Å². The molecular formula is C10H14O. The second kappa shape index (κ2) is 7.15. The highest BCUT2D eigenvalue weighted by Gasteiger charge is 1.74. The van der Waals surface area contributed by atoms with E-state index in [4.69, 9.17) is 5.11 Å². The molecule has 0 spiro atoms. The standard InChI is InChI=1S/C10H14O/c1-10(2)8-6-4-3-5-7-9-11/h6,11H,5,7,9H2,1-2H3. The molecule has 0 saturated carbocycles. The highest BCUT2D eigenvalue weighted by Crippen LogP contribution is 1.84. The Balaban J connectivity index is 3.64. The Bertz CT molecular complexity index is 205. The Morgan fingerprint density at radius 3 is 2.73 bits per heavy atom. The second-order valence-corrected chi connectivity index (χ2v) is 2.44. The first kappa shape index (κ1) is 10.0. The van der Waals surface area contributed by atoms with Crippen LogP contribution < -0.4 is 0 Å². The van der Waals surface area contributed by atoms with E-state index >= 15 is 0 Å². The van der Waals surface area contributed by atoms with Gasteiger partial charge in [-0.25, -0.2) is 0 Å². The van der Waals surface area contributed by atoms with Crippen LogP contribution in [0.3, 0.4) is 0 Å². The third-order valence-electron chi connectivity index (χ3n) is 0.995. The molecule has 0 aromatic carbocycles. The predicted octanol–water partition coefficient (Wildman–Crippen LogP) is 1.88. The minimum Gasteiger partial charge on any atom is -0.396 e. The van der Waals surface area contributed by atoms with Crippen LogP contribution in [0.1, 0.15) is 26.7 Å². The minimum absolute atomic E-state index is 0.223. The smallest absolute Gasteiger partial charge is 0.0440 e. The summed E-state index contributed by atoms with van der Waals surface area (Å²) in [4.78, 5) is 0. The molecule has 0 unspecified atom stereocenters. The first-order valence-corrected chi connectivity index (χ1v) is 3.75. The molecule has 1 N–H and O–H groups in total. The number of hydrogen-bond acceptors (Lipinski definition) is 1. The molecule has 0 aliphatic rings. The van der Waals surface area contributed by atoms with Crippen molar-refractivity contribution in [2.45, 2.75) is 26.7 Å². The van der Waals surface area contributed by atoms with Crippen molar-refractivity contribution < 1.29 is 5.11 Å². The summed E-state index contributed by atoms with van der Waals surface area (Å²) >= 11 is 0. The summed E-state index contributed by atoms with van der Waals surface area (Å²) in [5, 5.41) is 8.41. The van der Waals surface area contributed by atoms with Crippen molar-refractivity contribution in [1.82, 2.24) is 0 Å². The monoisotopic (exact) mass is 150 g/mol. The van der Waals surface area contributed by atoms with Crippen LogP contribution in [0.15, 0.2) is 17.4 Å². The van der Waals surface area contributed by atoms with Crippen LogP contribution in [-0.2, 0) is 0 Å². The Hall–Kier alpha value is -0.960. The number of hydrogen-bond donors (Lipinski definition) is 1. The van der Waals surface area contributed by atoms with Crippen LogP contribution in [0.4, 0.5) is 0 Å².